The molecule has 102 valence electrons. The molecule has 0 aliphatic carbocycles. The number of aryl methyl sites for hydroxylation is 1. The normalized spacial score (nSPS) is 13.3. The summed E-state index contributed by atoms with van der Waals surface area (Å²) in [7, 11) is 0. The third-order valence-electron chi connectivity index (χ3n) is 3.05. The van der Waals surface area contributed by atoms with E-state index in [-0.39, 0.29) is 6.04 Å². The monoisotopic (exact) mass is 249 g/mol. The molecule has 0 spiro atoms. The van der Waals surface area contributed by atoms with Gasteiger partial charge in [0.15, 0.2) is 0 Å². The molecule has 0 saturated carbocycles. The van der Waals surface area contributed by atoms with E-state index in [0.717, 1.165) is 37.4 Å². The number of pyridine rings is 1. The second-order valence-corrected chi connectivity index (χ2v) is 5.49. The van der Waals surface area contributed by atoms with Gasteiger partial charge < -0.3 is 5.73 Å². The molecule has 18 heavy (non-hydrogen) atoms. The number of aromatic nitrogens is 1. The highest BCUT2D eigenvalue weighted by Gasteiger charge is 2.11. The molecule has 2 N–H and O–H groups in total. The van der Waals surface area contributed by atoms with Gasteiger partial charge in [-0.2, -0.15) is 0 Å². The largest absolute Gasteiger partial charge is 0.327 e. The Morgan fingerprint density at radius 2 is 2.06 bits per heavy atom. The smallest absolute Gasteiger partial charge is 0.0547 e. The van der Waals surface area contributed by atoms with Crippen molar-refractivity contribution in [1.29, 1.82) is 0 Å². The van der Waals surface area contributed by atoms with Crippen LogP contribution in [0, 0.1) is 12.8 Å². The van der Waals surface area contributed by atoms with Gasteiger partial charge in [0.1, 0.15) is 0 Å². The minimum atomic E-state index is 0.259. The molecule has 1 aromatic rings. The van der Waals surface area contributed by atoms with Crippen molar-refractivity contribution in [3.63, 3.8) is 0 Å². The van der Waals surface area contributed by atoms with E-state index in [1.54, 1.807) is 0 Å². The molecule has 3 heteroatoms. The van der Waals surface area contributed by atoms with Crippen molar-refractivity contribution in [2.24, 2.45) is 11.7 Å². The van der Waals surface area contributed by atoms with Gasteiger partial charge in [-0.15, -0.1) is 0 Å². The highest BCUT2D eigenvalue weighted by Crippen LogP contribution is 2.07. The minimum absolute atomic E-state index is 0.259. The Kier molecular flexibility index (Phi) is 6.30. The summed E-state index contributed by atoms with van der Waals surface area (Å²) in [5.74, 6) is 0.663. The fourth-order valence-corrected chi connectivity index (χ4v) is 2.23. The van der Waals surface area contributed by atoms with Crippen molar-refractivity contribution in [2.45, 2.75) is 46.7 Å². The number of hydrogen-bond acceptors (Lipinski definition) is 3. The van der Waals surface area contributed by atoms with Crippen LogP contribution in [-0.4, -0.2) is 29.0 Å². The number of hydrogen-bond donors (Lipinski definition) is 1. The van der Waals surface area contributed by atoms with Gasteiger partial charge in [0, 0.05) is 24.8 Å². The molecule has 1 atom stereocenters. The van der Waals surface area contributed by atoms with Gasteiger partial charge in [-0.3, -0.25) is 9.88 Å². The summed E-state index contributed by atoms with van der Waals surface area (Å²) >= 11 is 0. The van der Waals surface area contributed by atoms with E-state index in [1.807, 2.05) is 13.0 Å². The number of nitrogens with zero attached hydrogens (tertiary/aromatic N) is 2. The van der Waals surface area contributed by atoms with Crippen molar-refractivity contribution < 1.29 is 0 Å². The summed E-state index contributed by atoms with van der Waals surface area (Å²) in [6.45, 7) is 11.5. The predicted molar refractivity (Wildman–Crippen MR) is 77.4 cm³/mol. The van der Waals surface area contributed by atoms with Gasteiger partial charge in [0.05, 0.1) is 5.69 Å². The maximum absolute atomic E-state index is 6.17. The Hall–Kier alpha value is -0.930. The van der Waals surface area contributed by atoms with E-state index in [4.69, 9.17) is 5.73 Å². The summed E-state index contributed by atoms with van der Waals surface area (Å²) in [6.07, 6.45) is 1.08. The lowest BCUT2D eigenvalue weighted by Gasteiger charge is -2.24. The summed E-state index contributed by atoms with van der Waals surface area (Å²) < 4.78 is 0. The van der Waals surface area contributed by atoms with E-state index in [1.165, 1.54) is 0 Å². The van der Waals surface area contributed by atoms with Crippen LogP contribution in [0.15, 0.2) is 18.2 Å². The van der Waals surface area contributed by atoms with Crippen molar-refractivity contribution in [2.75, 3.05) is 13.1 Å². The van der Waals surface area contributed by atoms with Crippen molar-refractivity contribution in [3.05, 3.63) is 29.6 Å². The SMILES string of the molecule is CCN(Cc1cccc(C)n1)CC(N)CC(C)C. The molecule has 0 aromatic carbocycles. The number of nitrogens with two attached hydrogens (primary N) is 1. The van der Waals surface area contributed by atoms with E-state index in [2.05, 4.69) is 42.8 Å². The zero-order valence-corrected chi connectivity index (χ0v) is 12.2. The van der Waals surface area contributed by atoms with Gasteiger partial charge in [0.2, 0.25) is 0 Å². The Balaban J connectivity index is 2.51. The Morgan fingerprint density at radius 3 is 2.61 bits per heavy atom. The van der Waals surface area contributed by atoms with Crippen LogP contribution in [0.2, 0.25) is 0 Å². The van der Waals surface area contributed by atoms with Crippen LogP contribution in [0.1, 0.15) is 38.6 Å². The number of likely N-dealkylation sites (N-methyl/N-ethyl adjacent to an activating group) is 1. The van der Waals surface area contributed by atoms with Gasteiger partial charge in [0.25, 0.3) is 0 Å². The molecule has 0 fully saturated rings. The zero-order chi connectivity index (χ0) is 13.5. The first-order chi connectivity index (χ1) is 8.51. The predicted octanol–water partition coefficient (Wildman–Crippen LogP) is 2.59. The standard InChI is InChI=1S/C15H27N3/c1-5-18(10-14(16)9-12(2)3)11-15-8-6-7-13(4)17-15/h6-8,12,14H,5,9-11,16H2,1-4H3. The molecule has 0 radical (unpaired) electrons. The summed E-state index contributed by atoms with van der Waals surface area (Å²) in [5.41, 5.74) is 8.38. The molecule has 0 aliphatic rings. The van der Waals surface area contributed by atoms with Crippen LogP contribution >= 0.6 is 0 Å². The van der Waals surface area contributed by atoms with E-state index < -0.39 is 0 Å². The summed E-state index contributed by atoms with van der Waals surface area (Å²) in [4.78, 5) is 6.92. The lowest BCUT2D eigenvalue weighted by molar-refractivity contribution is 0.247. The van der Waals surface area contributed by atoms with Crippen molar-refractivity contribution in [3.8, 4) is 0 Å². The second-order valence-electron chi connectivity index (χ2n) is 5.49. The average molecular weight is 249 g/mol. The highest BCUT2D eigenvalue weighted by molar-refractivity contribution is 5.09. The number of rotatable bonds is 7. The quantitative estimate of drug-likeness (QED) is 0.807. The second kappa shape index (κ2) is 7.49. The third-order valence-corrected chi connectivity index (χ3v) is 3.05. The zero-order valence-electron chi connectivity index (χ0n) is 12.2. The van der Waals surface area contributed by atoms with Crippen LogP contribution < -0.4 is 5.73 Å². The molecule has 1 rings (SSSR count). The topological polar surface area (TPSA) is 42.2 Å². The molecule has 1 aromatic heterocycles. The Labute approximate surface area is 111 Å². The van der Waals surface area contributed by atoms with Crippen LogP contribution in [0.5, 0.6) is 0 Å². The van der Waals surface area contributed by atoms with Crippen LogP contribution in [-0.2, 0) is 6.54 Å². The highest BCUT2D eigenvalue weighted by atomic mass is 15.1. The lowest BCUT2D eigenvalue weighted by atomic mass is 10.0. The third kappa shape index (κ3) is 5.61. The molecule has 1 unspecified atom stereocenters. The maximum atomic E-state index is 6.17. The first kappa shape index (κ1) is 15.1. The summed E-state index contributed by atoms with van der Waals surface area (Å²) in [6, 6.07) is 6.45. The van der Waals surface area contributed by atoms with E-state index in [9.17, 15) is 0 Å². The molecule has 0 amide bonds. The van der Waals surface area contributed by atoms with Crippen LogP contribution in [0.3, 0.4) is 0 Å². The van der Waals surface area contributed by atoms with Crippen molar-refractivity contribution >= 4 is 0 Å². The first-order valence-electron chi connectivity index (χ1n) is 6.91. The van der Waals surface area contributed by atoms with Gasteiger partial charge >= 0.3 is 0 Å². The Bertz CT molecular complexity index is 349. The molecule has 0 aliphatic heterocycles. The lowest BCUT2D eigenvalue weighted by Crippen LogP contribution is -2.38. The molecular formula is C15H27N3. The molecular weight excluding hydrogens is 222 g/mol. The molecule has 3 nitrogen and oxygen atoms in total. The van der Waals surface area contributed by atoms with E-state index >= 15 is 0 Å². The Morgan fingerprint density at radius 1 is 1.33 bits per heavy atom. The molecule has 0 bridgehead atoms. The first-order valence-corrected chi connectivity index (χ1v) is 6.91. The van der Waals surface area contributed by atoms with E-state index in [0.29, 0.717) is 5.92 Å². The fraction of sp³-hybridized carbons (Fsp3) is 0.667. The summed E-state index contributed by atoms with van der Waals surface area (Å²) in [5, 5.41) is 0. The average Bonchev–Trinajstić information content (AvgIpc) is 2.27. The van der Waals surface area contributed by atoms with Gasteiger partial charge in [-0.05, 0) is 37.9 Å². The van der Waals surface area contributed by atoms with Crippen LogP contribution in [0.25, 0.3) is 0 Å². The molecule has 1 heterocycles. The van der Waals surface area contributed by atoms with Gasteiger partial charge in [-0.1, -0.05) is 26.8 Å². The fourth-order valence-electron chi connectivity index (χ4n) is 2.23. The van der Waals surface area contributed by atoms with Crippen molar-refractivity contribution in [1.82, 2.24) is 9.88 Å². The van der Waals surface area contributed by atoms with Gasteiger partial charge in [-0.25, -0.2) is 0 Å². The molecule has 0 saturated heterocycles. The van der Waals surface area contributed by atoms with Crippen LogP contribution in [0.4, 0.5) is 0 Å². The maximum Gasteiger partial charge on any atom is 0.0547 e. The minimum Gasteiger partial charge on any atom is -0.327 e.